The summed E-state index contributed by atoms with van der Waals surface area (Å²) in [4.78, 5) is 12.5. The van der Waals surface area contributed by atoms with Gasteiger partial charge in [0.25, 0.3) is 0 Å². The Morgan fingerprint density at radius 2 is 1.67 bits per heavy atom. The van der Waals surface area contributed by atoms with Crippen molar-refractivity contribution in [3.8, 4) is 17.2 Å². The quantitative estimate of drug-likeness (QED) is 0.730. The smallest absolute Gasteiger partial charge is 0.224 e. The van der Waals surface area contributed by atoms with Crippen LogP contribution < -0.4 is 19.5 Å². The van der Waals surface area contributed by atoms with Crippen LogP contribution in [0.4, 0.5) is 5.69 Å². The fourth-order valence-electron chi connectivity index (χ4n) is 3.08. The highest BCUT2D eigenvalue weighted by atomic mass is 16.5. The summed E-state index contributed by atoms with van der Waals surface area (Å²) in [6.45, 7) is 6.27. The minimum absolute atomic E-state index is 0.0139. The van der Waals surface area contributed by atoms with Gasteiger partial charge in [-0.25, -0.2) is 0 Å². The van der Waals surface area contributed by atoms with Gasteiger partial charge in [-0.15, -0.1) is 0 Å². The highest BCUT2D eigenvalue weighted by molar-refractivity contribution is 5.92. The summed E-state index contributed by atoms with van der Waals surface area (Å²) in [5, 5.41) is 3.08. The molecule has 0 heterocycles. The van der Waals surface area contributed by atoms with Crippen molar-refractivity contribution in [3.05, 3.63) is 47.0 Å². The standard InChI is InChI=1S/C22H29NO4/c1-14(2)17-9-7-8-15(3)21(17)23-20(24)11-10-16-12-18(25-4)22(27-6)19(13-16)26-5/h7-9,12-14H,10-11H2,1-6H3,(H,23,24). The molecule has 0 unspecified atom stereocenters. The van der Waals surface area contributed by atoms with Gasteiger partial charge in [-0.2, -0.15) is 0 Å². The molecule has 5 nitrogen and oxygen atoms in total. The molecule has 0 fully saturated rings. The first kappa shape index (κ1) is 20.6. The predicted octanol–water partition coefficient (Wildman–Crippen LogP) is 4.72. The maximum absolute atomic E-state index is 12.5. The molecule has 146 valence electrons. The van der Waals surface area contributed by atoms with Gasteiger partial charge in [0.2, 0.25) is 11.7 Å². The van der Waals surface area contributed by atoms with Crippen molar-refractivity contribution in [2.75, 3.05) is 26.6 Å². The number of anilines is 1. The van der Waals surface area contributed by atoms with Crippen LogP contribution in [0.15, 0.2) is 30.3 Å². The summed E-state index contributed by atoms with van der Waals surface area (Å²) >= 11 is 0. The van der Waals surface area contributed by atoms with Crippen molar-refractivity contribution >= 4 is 11.6 Å². The third-order valence-electron chi connectivity index (χ3n) is 4.56. The molecule has 0 aliphatic heterocycles. The Balaban J connectivity index is 2.13. The topological polar surface area (TPSA) is 56.8 Å². The molecule has 0 spiro atoms. The second-order valence-corrected chi connectivity index (χ2v) is 6.78. The van der Waals surface area contributed by atoms with Crippen LogP contribution in [0.1, 0.15) is 42.9 Å². The average molecular weight is 371 g/mol. The van der Waals surface area contributed by atoms with E-state index in [0.29, 0.717) is 36.0 Å². The summed E-state index contributed by atoms with van der Waals surface area (Å²) in [5.41, 5.74) is 4.09. The van der Waals surface area contributed by atoms with Crippen LogP contribution in [0.5, 0.6) is 17.2 Å². The number of hydrogen-bond donors (Lipinski definition) is 1. The van der Waals surface area contributed by atoms with Crippen molar-refractivity contribution in [1.82, 2.24) is 0 Å². The van der Waals surface area contributed by atoms with E-state index in [1.165, 1.54) is 0 Å². The molecule has 0 aliphatic carbocycles. The number of amides is 1. The lowest BCUT2D eigenvalue weighted by Crippen LogP contribution is -2.15. The number of rotatable bonds is 8. The minimum atomic E-state index is -0.0139. The van der Waals surface area contributed by atoms with E-state index in [1.54, 1.807) is 21.3 Å². The molecule has 0 radical (unpaired) electrons. The normalized spacial score (nSPS) is 10.6. The summed E-state index contributed by atoms with van der Waals surface area (Å²) in [7, 11) is 4.74. The summed E-state index contributed by atoms with van der Waals surface area (Å²) in [5.74, 6) is 2.06. The fraction of sp³-hybridized carbons (Fsp3) is 0.409. The van der Waals surface area contributed by atoms with E-state index >= 15 is 0 Å². The molecule has 0 aromatic heterocycles. The molecule has 5 heteroatoms. The summed E-state index contributed by atoms with van der Waals surface area (Å²) in [6, 6.07) is 9.85. The van der Waals surface area contributed by atoms with Crippen LogP contribution >= 0.6 is 0 Å². The van der Waals surface area contributed by atoms with Gasteiger partial charge in [0.05, 0.1) is 21.3 Å². The Bertz CT molecular complexity index is 774. The Morgan fingerprint density at radius 3 is 2.19 bits per heavy atom. The zero-order valence-electron chi connectivity index (χ0n) is 17.0. The van der Waals surface area contributed by atoms with Crippen LogP contribution in [0, 0.1) is 6.92 Å². The molecule has 2 aromatic carbocycles. The SMILES string of the molecule is COc1cc(CCC(=O)Nc2c(C)cccc2C(C)C)cc(OC)c1OC. The van der Waals surface area contributed by atoms with Crippen LogP contribution in [0.25, 0.3) is 0 Å². The molecule has 0 bridgehead atoms. The maximum Gasteiger partial charge on any atom is 0.224 e. The fourth-order valence-corrected chi connectivity index (χ4v) is 3.08. The van der Waals surface area contributed by atoms with E-state index in [0.717, 1.165) is 22.4 Å². The number of ether oxygens (including phenoxy) is 3. The number of nitrogens with one attached hydrogen (secondary N) is 1. The monoisotopic (exact) mass is 371 g/mol. The van der Waals surface area contributed by atoms with Crippen molar-refractivity contribution in [2.45, 2.75) is 39.5 Å². The lowest BCUT2D eigenvalue weighted by Gasteiger charge is -2.17. The first-order valence-electron chi connectivity index (χ1n) is 9.09. The van der Waals surface area contributed by atoms with E-state index in [1.807, 2.05) is 31.2 Å². The predicted molar refractivity (Wildman–Crippen MR) is 108 cm³/mol. The number of para-hydroxylation sites is 1. The van der Waals surface area contributed by atoms with Crippen molar-refractivity contribution < 1.29 is 19.0 Å². The third kappa shape index (κ3) is 4.94. The van der Waals surface area contributed by atoms with Crippen LogP contribution in [0.3, 0.4) is 0 Å². The maximum atomic E-state index is 12.5. The van der Waals surface area contributed by atoms with Gasteiger partial charge < -0.3 is 19.5 Å². The van der Waals surface area contributed by atoms with Gasteiger partial charge in [-0.05, 0) is 48.1 Å². The highest BCUT2D eigenvalue weighted by Gasteiger charge is 2.15. The van der Waals surface area contributed by atoms with E-state index in [2.05, 4.69) is 25.2 Å². The number of carbonyl (C=O) groups is 1. The van der Waals surface area contributed by atoms with E-state index in [-0.39, 0.29) is 5.91 Å². The molecule has 0 aliphatic rings. The van der Waals surface area contributed by atoms with E-state index in [4.69, 9.17) is 14.2 Å². The molecule has 0 saturated heterocycles. The minimum Gasteiger partial charge on any atom is -0.493 e. The first-order chi connectivity index (χ1) is 12.9. The van der Waals surface area contributed by atoms with Gasteiger partial charge in [0.15, 0.2) is 11.5 Å². The van der Waals surface area contributed by atoms with Crippen LogP contribution in [-0.2, 0) is 11.2 Å². The van der Waals surface area contributed by atoms with Gasteiger partial charge in [0, 0.05) is 12.1 Å². The van der Waals surface area contributed by atoms with Crippen molar-refractivity contribution in [1.29, 1.82) is 0 Å². The molecule has 1 N–H and O–H groups in total. The Kier molecular flexibility index (Phi) is 7.11. The Morgan fingerprint density at radius 1 is 1.04 bits per heavy atom. The van der Waals surface area contributed by atoms with E-state index < -0.39 is 0 Å². The summed E-state index contributed by atoms with van der Waals surface area (Å²) in [6.07, 6.45) is 0.940. The number of hydrogen-bond acceptors (Lipinski definition) is 4. The van der Waals surface area contributed by atoms with Crippen molar-refractivity contribution in [2.24, 2.45) is 0 Å². The molecule has 0 atom stereocenters. The van der Waals surface area contributed by atoms with Gasteiger partial charge in [0.1, 0.15) is 0 Å². The number of carbonyl (C=O) groups excluding carboxylic acids is 1. The lowest BCUT2D eigenvalue weighted by atomic mass is 9.98. The molecular formula is C22H29NO4. The zero-order chi connectivity index (χ0) is 20.0. The van der Waals surface area contributed by atoms with Gasteiger partial charge in [-0.3, -0.25) is 4.79 Å². The molecular weight excluding hydrogens is 342 g/mol. The second-order valence-electron chi connectivity index (χ2n) is 6.78. The Labute approximate surface area is 161 Å². The molecule has 27 heavy (non-hydrogen) atoms. The molecule has 1 amide bonds. The number of benzene rings is 2. The van der Waals surface area contributed by atoms with Crippen LogP contribution in [0.2, 0.25) is 0 Å². The van der Waals surface area contributed by atoms with Crippen molar-refractivity contribution in [3.63, 3.8) is 0 Å². The number of methoxy groups -OCH3 is 3. The second kappa shape index (κ2) is 9.31. The molecule has 0 saturated carbocycles. The summed E-state index contributed by atoms with van der Waals surface area (Å²) < 4.78 is 16.1. The molecule has 2 rings (SSSR count). The van der Waals surface area contributed by atoms with E-state index in [9.17, 15) is 4.79 Å². The largest absolute Gasteiger partial charge is 0.493 e. The van der Waals surface area contributed by atoms with Gasteiger partial charge >= 0.3 is 0 Å². The average Bonchev–Trinajstić information content (AvgIpc) is 2.66. The van der Waals surface area contributed by atoms with Crippen LogP contribution in [-0.4, -0.2) is 27.2 Å². The zero-order valence-corrected chi connectivity index (χ0v) is 17.0. The Hall–Kier alpha value is -2.69. The third-order valence-corrected chi connectivity index (χ3v) is 4.56. The van der Waals surface area contributed by atoms with Gasteiger partial charge in [-0.1, -0.05) is 32.0 Å². The molecule has 2 aromatic rings. The lowest BCUT2D eigenvalue weighted by molar-refractivity contribution is -0.116. The first-order valence-corrected chi connectivity index (χ1v) is 9.09. The number of aryl methyl sites for hydroxylation is 2. The highest BCUT2D eigenvalue weighted by Crippen LogP contribution is 2.38.